The molecule has 90 valence electrons. The lowest BCUT2D eigenvalue weighted by Crippen LogP contribution is -2.11. The van der Waals surface area contributed by atoms with Crippen molar-refractivity contribution in [2.45, 2.75) is 0 Å². The Morgan fingerprint density at radius 3 is 2.59 bits per heavy atom. The van der Waals surface area contributed by atoms with Crippen molar-refractivity contribution in [3.05, 3.63) is 18.2 Å². The van der Waals surface area contributed by atoms with Crippen molar-refractivity contribution >= 4 is 24.0 Å². The lowest BCUT2D eigenvalue weighted by Gasteiger charge is -2.12. The Hall–Kier alpha value is -1.72. The number of benzene rings is 1. The molecule has 0 heterocycles. The topological polar surface area (TPSA) is 55.4 Å². The molecule has 1 rings (SSSR count). The Balaban J connectivity index is 3.15. The first-order chi connectivity index (χ1) is 7.88. The Morgan fingerprint density at radius 1 is 1.47 bits per heavy atom. The number of hydrogen-bond acceptors (Lipinski definition) is 3. The number of ether oxygens (including phenoxy) is 1. The van der Waals surface area contributed by atoms with Gasteiger partial charge in [-0.1, -0.05) is 0 Å². The summed E-state index contributed by atoms with van der Waals surface area (Å²) in [5, 5.41) is 3.19. The number of rotatable bonds is 3. The van der Waals surface area contributed by atoms with Gasteiger partial charge in [0.15, 0.2) is 0 Å². The maximum atomic E-state index is 11.9. The maximum Gasteiger partial charge on any atom is 0.300 e. The van der Waals surface area contributed by atoms with Crippen LogP contribution in [-0.2, 0) is 9.36 Å². The molecule has 0 fully saturated rings. The molecule has 0 unspecified atom stereocenters. The first-order valence-corrected chi connectivity index (χ1v) is 7.50. The van der Waals surface area contributed by atoms with Gasteiger partial charge < -0.3 is 14.6 Å². The van der Waals surface area contributed by atoms with E-state index in [1.165, 1.54) is 7.11 Å². The summed E-state index contributed by atoms with van der Waals surface area (Å²) in [4.78, 5) is 11.1. The van der Waals surface area contributed by atoms with Gasteiger partial charge in [-0.15, -0.1) is 6.42 Å². The summed E-state index contributed by atoms with van der Waals surface area (Å²) >= 11 is 0. The summed E-state index contributed by atoms with van der Waals surface area (Å²) in [6.07, 6.45) is 4.96. The smallest absolute Gasteiger partial charge is 0.300 e. The van der Waals surface area contributed by atoms with E-state index in [4.69, 9.17) is 11.2 Å². The average Bonchev–Trinajstić information content (AvgIpc) is 2.27. The number of terminal acetylenes is 1. The van der Waals surface area contributed by atoms with Crippen LogP contribution in [0.1, 0.15) is 0 Å². The lowest BCUT2D eigenvalue weighted by atomic mass is 10.3. The number of carbonyl (C=O) groups is 1. The summed E-state index contributed by atoms with van der Waals surface area (Å²) in [5.41, 5.74) is 0.465. The van der Waals surface area contributed by atoms with Crippen molar-refractivity contribution in [1.29, 1.82) is 0 Å². The second-order valence-electron chi connectivity index (χ2n) is 3.83. The fraction of sp³-hybridized carbons (Fsp3) is 0.250. The van der Waals surface area contributed by atoms with E-state index >= 15 is 0 Å². The standard InChI is InChI=1S/C12H14NO3P/c1-5-12(14)13-10-7-6-9(17(3,4)15)8-11(10)16-2/h1,6-8H,2-4H3,(H,13,14). The molecule has 1 aromatic carbocycles. The van der Waals surface area contributed by atoms with Gasteiger partial charge in [-0.2, -0.15) is 0 Å². The largest absolute Gasteiger partial charge is 0.495 e. The van der Waals surface area contributed by atoms with Crippen LogP contribution in [0.5, 0.6) is 5.75 Å². The highest BCUT2D eigenvalue weighted by Gasteiger charge is 2.14. The van der Waals surface area contributed by atoms with E-state index in [9.17, 15) is 9.36 Å². The molecule has 0 aliphatic rings. The van der Waals surface area contributed by atoms with Gasteiger partial charge in [0.1, 0.15) is 12.9 Å². The van der Waals surface area contributed by atoms with Crippen LogP contribution in [0.15, 0.2) is 18.2 Å². The van der Waals surface area contributed by atoms with Crippen molar-refractivity contribution in [2.75, 3.05) is 25.8 Å². The minimum Gasteiger partial charge on any atom is -0.495 e. The predicted molar refractivity (Wildman–Crippen MR) is 69.5 cm³/mol. The number of hydrogen-bond donors (Lipinski definition) is 1. The van der Waals surface area contributed by atoms with Gasteiger partial charge in [-0.25, -0.2) is 0 Å². The van der Waals surface area contributed by atoms with Gasteiger partial charge in [0.2, 0.25) is 0 Å². The minimum absolute atomic E-state index is 0.440. The zero-order valence-electron chi connectivity index (χ0n) is 9.98. The highest BCUT2D eigenvalue weighted by atomic mass is 31.2. The Kier molecular flexibility index (Phi) is 3.98. The molecule has 17 heavy (non-hydrogen) atoms. The van der Waals surface area contributed by atoms with Crippen LogP contribution in [0.4, 0.5) is 5.69 Å². The molecule has 0 atom stereocenters. The van der Waals surface area contributed by atoms with Crippen LogP contribution in [-0.4, -0.2) is 26.3 Å². The molecule has 0 bridgehead atoms. The van der Waals surface area contributed by atoms with E-state index in [1.54, 1.807) is 31.5 Å². The predicted octanol–water partition coefficient (Wildman–Crippen LogP) is 1.51. The van der Waals surface area contributed by atoms with E-state index in [-0.39, 0.29) is 0 Å². The second-order valence-corrected chi connectivity index (χ2v) is 7.05. The van der Waals surface area contributed by atoms with Gasteiger partial charge >= 0.3 is 0 Å². The van der Waals surface area contributed by atoms with Crippen LogP contribution >= 0.6 is 7.14 Å². The normalized spacial score (nSPS) is 10.5. The molecule has 1 amide bonds. The molecule has 0 spiro atoms. The fourth-order valence-electron chi connectivity index (χ4n) is 1.28. The molecule has 4 nitrogen and oxygen atoms in total. The average molecular weight is 251 g/mol. The molecular formula is C12H14NO3P. The number of amides is 1. The Bertz CT molecular complexity index is 525. The molecular weight excluding hydrogens is 237 g/mol. The lowest BCUT2D eigenvalue weighted by molar-refractivity contribution is -0.111. The van der Waals surface area contributed by atoms with Crippen molar-refractivity contribution in [2.24, 2.45) is 0 Å². The maximum absolute atomic E-state index is 11.9. The van der Waals surface area contributed by atoms with Crippen molar-refractivity contribution < 1.29 is 14.1 Å². The van der Waals surface area contributed by atoms with Gasteiger partial charge in [-0.3, -0.25) is 4.79 Å². The summed E-state index contributed by atoms with van der Waals surface area (Å²) in [6.45, 7) is 3.34. The zero-order chi connectivity index (χ0) is 13.1. The summed E-state index contributed by atoms with van der Waals surface area (Å²) in [5.74, 6) is 1.84. The third-order valence-electron chi connectivity index (χ3n) is 2.19. The molecule has 0 saturated carbocycles. The fourth-order valence-corrected chi connectivity index (χ4v) is 2.14. The number of nitrogens with one attached hydrogen (secondary N) is 1. The third-order valence-corrected chi connectivity index (χ3v) is 3.71. The first kappa shape index (κ1) is 13.3. The quantitative estimate of drug-likeness (QED) is 0.654. The van der Waals surface area contributed by atoms with Crippen molar-refractivity contribution in [3.8, 4) is 18.1 Å². The highest BCUT2D eigenvalue weighted by Crippen LogP contribution is 2.37. The van der Waals surface area contributed by atoms with Crippen LogP contribution in [0.2, 0.25) is 0 Å². The molecule has 0 aliphatic heterocycles. The molecule has 0 radical (unpaired) electrons. The van der Waals surface area contributed by atoms with Crippen LogP contribution < -0.4 is 15.4 Å². The van der Waals surface area contributed by atoms with E-state index < -0.39 is 13.0 Å². The summed E-state index contributed by atoms with van der Waals surface area (Å²) < 4.78 is 17.0. The molecule has 0 aliphatic carbocycles. The van der Waals surface area contributed by atoms with E-state index in [0.29, 0.717) is 16.7 Å². The molecule has 1 N–H and O–H groups in total. The van der Waals surface area contributed by atoms with Crippen LogP contribution in [0.25, 0.3) is 0 Å². The minimum atomic E-state index is -2.35. The highest BCUT2D eigenvalue weighted by molar-refractivity contribution is 7.70. The summed E-state index contributed by atoms with van der Waals surface area (Å²) in [6, 6.07) is 4.96. The van der Waals surface area contributed by atoms with Crippen molar-refractivity contribution in [3.63, 3.8) is 0 Å². The van der Waals surface area contributed by atoms with Gasteiger partial charge in [0, 0.05) is 5.30 Å². The van der Waals surface area contributed by atoms with E-state index in [0.717, 1.165) is 0 Å². The molecule has 0 aromatic heterocycles. The van der Waals surface area contributed by atoms with E-state index in [2.05, 4.69) is 5.32 Å². The third kappa shape index (κ3) is 3.37. The second kappa shape index (κ2) is 5.07. The molecule has 5 heteroatoms. The first-order valence-electron chi connectivity index (χ1n) is 4.89. The monoisotopic (exact) mass is 251 g/mol. The molecule has 1 aromatic rings. The van der Waals surface area contributed by atoms with Crippen LogP contribution in [0, 0.1) is 12.3 Å². The Labute approximate surface area is 101 Å². The van der Waals surface area contributed by atoms with Crippen molar-refractivity contribution in [1.82, 2.24) is 0 Å². The SMILES string of the molecule is C#CC(=O)Nc1ccc(P(C)(C)=O)cc1OC. The number of methoxy groups -OCH3 is 1. The number of anilines is 1. The van der Waals surface area contributed by atoms with Gasteiger partial charge in [-0.05, 0) is 37.4 Å². The van der Waals surface area contributed by atoms with Gasteiger partial charge in [0.05, 0.1) is 12.8 Å². The number of carbonyl (C=O) groups excluding carboxylic acids is 1. The van der Waals surface area contributed by atoms with Crippen LogP contribution in [0.3, 0.4) is 0 Å². The molecule has 0 saturated heterocycles. The Morgan fingerprint density at radius 2 is 2.12 bits per heavy atom. The van der Waals surface area contributed by atoms with E-state index in [1.807, 2.05) is 5.92 Å². The zero-order valence-corrected chi connectivity index (χ0v) is 10.9. The summed E-state index contributed by atoms with van der Waals surface area (Å²) in [7, 11) is -0.879. The van der Waals surface area contributed by atoms with Gasteiger partial charge in [0.25, 0.3) is 5.91 Å².